The summed E-state index contributed by atoms with van der Waals surface area (Å²) >= 11 is 0. The predicted octanol–water partition coefficient (Wildman–Crippen LogP) is 20.9. The molecule has 0 saturated heterocycles. The van der Waals surface area contributed by atoms with Crippen LogP contribution in [0.2, 0.25) is 0 Å². The molecule has 3 aromatic heterocycles. The smallest absolute Gasteiger partial charge is 0.144 e. The number of furan rings is 2. The Morgan fingerprint density at radius 2 is 0.863 bits per heavy atom. The molecule has 0 fully saturated rings. The Bertz CT molecular complexity index is 5050. The first-order valence-electron chi connectivity index (χ1n) is 28.2. The van der Waals surface area contributed by atoms with E-state index in [4.69, 9.17) is 8.83 Å². The van der Waals surface area contributed by atoms with Crippen molar-refractivity contribution in [1.82, 2.24) is 4.57 Å². The Kier molecular flexibility index (Phi) is 8.94. The molecule has 3 aliphatic carbocycles. The molecule has 0 spiro atoms. The zero-order valence-corrected chi connectivity index (χ0v) is 45.9. The number of nitrogens with zero attached hydrogens (tertiary/aromatic N) is 2. The molecular formula is C76H56N2O2. The van der Waals surface area contributed by atoms with Gasteiger partial charge in [-0.1, -0.05) is 175 Å². The van der Waals surface area contributed by atoms with Crippen molar-refractivity contribution < 1.29 is 8.83 Å². The molecular weight excluding hydrogens is 973 g/mol. The molecule has 17 rings (SSSR count). The molecule has 4 nitrogen and oxygen atoms in total. The van der Waals surface area contributed by atoms with Gasteiger partial charge in [0.05, 0.1) is 11.0 Å². The monoisotopic (exact) mass is 1030 g/mol. The summed E-state index contributed by atoms with van der Waals surface area (Å²) in [7, 11) is 0. The van der Waals surface area contributed by atoms with Crippen molar-refractivity contribution in [1.29, 1.82) is 0 Å². The van der Waals surface area contributed by atoms with Gasteiger partial charge in [0.2, 0.25) is 0 Å². The first-order chi connectivity index (χ1) is 38.9. The Hall–Kier alpha value is -9.38. The van der Waals surface area contributed by atoms with Gasteiger partial charge >= 0.3 is 0 Å². The molecule has 14 aromatic rings. The van der Waals surface area contributed by atoms with Gasteiger partial charge in [-0.25, -0.2) is 0 Å². The third-order valence-corrected chi connectivity index (χ3v) is 19.0. The molecule has 0 unspecified atom stereocenters. The van der Waals surface area contributed by atoms with E-state index in [1.165, 1.54) is 110 Å². The van der Waals surface area contributed by atoms with Crippen molar-refractivity contribution >= 4 is 82.7 Å². The first-order valence-corrected chi connectivity index (χ1v) is 28.2. The summed E-state index contributed by atoms with van der Waals surface area (Å²) in [6.45, 7) is 16.8. The molecule has 3 heterocycles. The van der Waals surface area contributed by atoms with Crippen LogP contribution in [0.5, 0.6) is 0 Å². The van der Waals surface area contributed by atoms with Crippen molar-refractivity contribution in [2.45, 2.75) is 64.7 Å². The van der Waals surface area contributed by atoms with E-state index in [1.54, 1.807) is 0 Å². The highest BCUT2D eigenvalue weighted by atomic mass is 16.3. The van der Waals surface area contributed by atoms with E-state index in [1.807, 2.05) is 0 Å². The molecule has 0 amide bonds. The second kappa shape index (κ2) is 15.7. The van der Waals surface area contributed by atoms with Crippen molar-refractivity contribution in [3.8, 4) is 50.2 Å². The molecule has 0 atom stereocenters. The minimum atomic E-state index is -0.371. The quantitative estimate of drug-likeness (QED) is 0.172. The predicted molar refractivity (Wildman–Crippen MR) is 333 cm³/mol. The van der Waals surface area contributed by atoms with Crippen LogP contribution in [0, 0.1) is 6.92 Å². The van der Waals surface area contributed by atoms with Crippen molar-refractivity contribution in [3.63, 3.8) is 0 Å². The van der Waals surface area contributed by atoms with Crippen molar-refractivity contribution in [3.05, 3.63) is 251 Å². The molecule has 0 radical (unpaired) electrons. The van der Waals surface area contributed by atoms with Crippen LogP contribution in [0.1, 0.15) is 80.5 Å². The van der Waals surface area contributed by atoms with E-state index in [9.17, 15) is 0 Å². The summed E-state index contributed by atoms with van der Waals surface area (Å²) in [5.74, 6) is 0. The van der Waals surface area contributed by atoms with Crippen LogP contribution in [-0.4, -0.2) is 4.57 Å². The molecule has 4 heteroatoms. The van der Waals surface area contributed by atoms with Gasteiger partial charge in [0.25, 0.3) is 0 Å². The summed E-state index contributed by atoms with van der Waals surface area (Å²) in [4.78, 5) is 2.53. The fourth-order valence-corrected chi connectivity index (χ4v) is 15.4. The summed E-state index contributed by atoms with van der Waals surface area (Å²) < 4.78 is 16.4. The number of aryl methyl sites for hydroxylation is 1. The number of hydrogen-bond acceptors (Lipinski definition) is 3. The lowest BCUT2D eigenvalue weighted by molar-refractivity contribution is 0.600. The number of aromatic nitrogens is 1. The van der Waals surface area contributed by atoms with Crippen LogP contribution in [0.15, 0.2) is 221 Å². The third kappa shape index (κ3) is 5.80. The molecule has 382 valence electrons. The maximum atomic E-state index is 7.06. The van der Waals surface area contributed by atoms with Crippen LogP contribution in [0.4, 0.5) is 17.1 Å². The third-order valence-electron chi connectivity index (χ3n) is 19.0. The number of hydrogen-bond donors (Lipinski definition) is 0. The SMILES string of the molecule is Cc1ccccc1-c1cc2c(c3c1oc1ccccc13)-c1ccc(N(c3ccc4c(c3)C(C)(C)c3c5c(c6oc7ccccc7c6c3-4)-c3ccccc3C5(C)C)c3ccc4c(c3)c3ccccc3n4-c3ccccc3)cc1C2(C)C. The molecule has 0 aliphatic heterocycles. The van der Waals surface area contributed by atoms with E-state index in [2.05, 4.69) is 270 Å². The van der Waals surface area contributed by atoms with Crippen LogP contribution in [-0.2, 0) is 16.2 Å². The lowest BCUT2D eigenvalue weighted by Crippen LogP contribution is -2.24. The van der Waals surface area contributed by atoms with Gasteiger partial charge in [0.15, 0.2) is 0 Å². The van der Waals surface area contributed by atoms with E-state index in [0.29, 0.717) is 0 Å². The Morgan fingerprint density at radius 3 is 1.59 bits per heavy atom. The molecule has 0 bridgehead atoms. The van der Waals surface area contributed by atoms with Gasteiger partial charge < -0.3 is 18.3 Å². The number of rotatable bonds is 5. The fourth-order valence-electron chi connectivity index (χ4n) is 15.4. The number of para-hydroxylation sites is 4. The second-order valence-electron chi connectivity index (χ2n) is 24.4. The largest absolute Gasteiger partial charge is 0.455 e. The van der Waals surface area contributed by atoms with E-state index >= 15 is 0 Å². The normalized spacial score (nSPS) is 15.0. The lowest BCUT2D eigenvalue weighted by atomic mass is 9.72. The zero-order valence-electron chi connectivity index (χ0n) is 45.9. The highest BCUT2D eigenvalue weighted by Gasteiger charge is 2.49. The van der Waals surface area contributed by atoms with Gasteiger partial charge in [-0.05, 0) is 158 Å². The minimum Gasteiger partial charge on any atom is -0.455 e. The summed E-state index contributed by atoms with van der Waals surface area (Å²) in [6.07, 6.45) is 0. The Labute approximate surface area is 464 Å². The minimum absolute atomic E-state index is 0.254. The van der Waals surface area contributed by atoms with Gasteiger partial charge in [0.1, 0.15) is 22.3 Å². The highest BCUT2D eigenvalue weighted by Crippen LogP contribution is 2.64. The Balaban J connectivity index is 0.918. The molecule has 0 N–H and O–H groups in total. The molecule has 80 heavy (non-hydrogen) atoms. The average molecular weight is 1030 g/mol. The molecule has 3 aliphatic rings. The van der Waals surface area contributed by atoms with Gasteiger partial charge in [-0.3, -0.25) is 0 Å². The van der Waals surface area contributed by atoms with Gasteiger partial charge in [0, 0.05) is 82.4 Å². The highest BCUT2D eigenvalue weighted by molar-refractivity contribution is 6.22. The number of anilines is 3. The lowest BCUT2D eigenvalue weighted by Gasteiger charge is -2.32. The maximum Gasteiger partial charge on any atom is 0.144 e. The van der Waals surface area contributed by atoms with Crippen LogP contribution < -0.4 is 4.90 Å². The van der Waals surface area contributed by atoms with Gasteiger partial charge in [-0.15, -0.1) is 0 Å². The summed E-state index contributed by atoms with van der Waals surface area (Å²) in [5, 5.41) is 7.13. The second-order valence-corrected chi connectivity index (χ2v) is 24.4. The molecule has 0 saturated carbocycles. The van der Waals surface area contributed by atoms with E-state index < -0.39 is 0 Å². The first kappa shape index (κ1) is 45.6. The standard InChI is InChI=1S/C76H56N2O2/c1-43-21-11-12-24-48(43)56-42-60-65(67-53-27-15-19-31-63(53)79-72(56)67)51-36-33-46(40-58(51)74(60,2)3)77(45-35-38-62-55(39-45)49-25-14-18-30-61(49)78(62)44-22-9-8-10-23-44)47-34-37-52-59(41-47)76(6,7)70-66(52)68-54-28-16-20-32-64(54)80-73(68)69-50-26-13-17-29-57(50)75(4,5)71(69)70/h8-42H,1-7H3. The van der Waals surface area contributed by atoms with E-state index in [0.717, 1.165) is 61.4 Å². The average Bonchev–Trinajstić information content (AvgIpc) is 4.38. The summed E-state index contributed by atoms with van der Waals surface area (Å²) in [6, 6.07) is 78.7. The Morgan fingerprint density at radius 1 is 0.350 bits per heavy atom. The number of benzene rings is 11. The van der Waals surface area contributed by atoms with Gasteiger partial charge in [-0.2, -0.15) is 0 Å². The van der Waals surface area contributed by atoms with Crippen LogP contribution in [0.25, 0.3) is 116 Å². The van der Waals surface area contributed by atoms with E-state index in [-0.39, 0.29) is 16.2 Å². The van der Waals surface area contributed by atoms with Crippen LogP contribution in [0.3, 0.4) is 0 Å². The summed E-state index contributed by atoms with van der Waals surface area (Å²) in [5.41, 5.74) is 28.8. The maximum absolute atomic E-state index is 7.06. The molecule has 11 aromatic carbocycles. The zero-order chi connectivity index (χ0) is 53.7. The number of fused-ring (bicyclic) bond motifs is 22. The van der Waals surface area contributed by atoms with Crippen molar-refractivity contribution in [2.24, 2.45) is 0 Å². The topological polar surface area (TPSA) is 34.5 Å². The fraction of sp³-hybridized carbons (Fsp3) is 0.132. The van der Waals surface area contributed by atoms with Crippen LogP contribution >= 0.6 is 0 Å². The van der Waals surface area contributed by atoms with Crippen molar-refractivity contribution in [2.75, 3.05) is 4.90 Å².